The maximum atomic E-state index is 13.2. The van der Waals surface area contributed by atoms with Crippen molar-refractivity contribution in [1.82, 2.24) is 20.9 Å². The van der Waals surface area contributed by atoms with Crippen LogP contribution in [0.5, 0.6) is 0 Å². The number of carbonyl (C=O) groups is 6. The number of hydrogen-bond acceptors (Lipinski definition) is 15. The lowest BCUT2D eigenvalue weighted by molar-refractivity contribution is -0.156. The second-order valence-corrected chi connectivity index (χ2v) is 17.9. The molecule has 1 aliphatic rings. The summed E-state index contributed by atoms with van der Waals surface area (Å²) in [5.74, 6) is -1.10. The number of alkyl carbamates (subject to hydrolysis) is 1. The third-order valence-electron chi connectivity index (χ3n) is 10.0. The highest BCUT2D eigenvalue weighted by molar-refractivity contribution is 5.80. The van der Waals surface area contributed by atoms with Gasteiger partial charge in [0.1, 0.15) is 18.5 Å². The Morgan fingerprint density at radius 3 is 1.49 bits per heavy atom. The fourth-order valence-corrected chi connectivity index (χ4v) is 6.37. The first kappa shape index (κ1) is 61.1. The van der Waals surface area contributed by atoms with Crippen LogP contribution in [0.25, 0.3) is 11.1 Å². The maximum Gasteiger partial charge on any atom is 0.407 e. The van der Waals surface area contributed by atoms with Crippen molar-refractivity contribution in [3.8, 4) is 11.1 Å². The number of carbonyl (C=O) groups excluding carboxylic acids is 6. The molecule has 4 amide bonds. The van der Waals surface area contributed by atoms with Gasteiger partial charge in [0.05, 0.1) is 97.7 Å². The van der Waals surface area contributed by atoms with E-state index in [1.165, 1.54) is 0 Å². The van der Waals surface area contributed by atoms with Crippen molar-refractivity contribution in [2.45, 2.75) is 90.8 Å². The van der Waals surface area contributed by atoms with Crippen LogP contribution in [-0.2, 0) is 66.6 Å². The molecule has 0 radical (unpaired) electrons. The molecular weight excluding hydrogens is 909 g/mol. The van der Waals surface area contributed by atoms with Gasteiger partial charge in [-0.15, -0.1) is 0 Å². The van der Waals surface area contributed by atoms with Gasteiger partial charge in [-0.2, -0.15) is 0 Å². The van der Waals surface area contributed by atoms with E-state index in [2.05, 4.69) is 40.2 Å². The fourth-order valence-electron chi connectivity index (χ4n) is 6.37. The van der Waals surface area contributed by atoms with Crippen molar-refractivity contribution in [1.29, 1.82) is 0 Å². The number of nitrogens with zero attached hydrogens (tertiary/aromatic N) is 1. The molecule has 0 aliphatic heterocycles. The number of amides is 4. The summed E-state index contributed by atoms with van der Waals surface area (Å²) in [5, 5.41) is 8.28. The third-order valence-corrected chi connectivity index (χ3v) is 10.0. The molecule has 0 atom stereocenters. The average molecular weight is 989 g/mol. The van der Waals surface area contributed by atoms with Crippen LogP contribution >= 0.6 is 0 Å². The Labute approximate surface area is 414 Å². The second kappa shape index (κ2) is 36.0. The molecule has 0 unspecified atom stereocenters. The lowest BCUT2D eigenvalue weighted by Gasteiger charge is -2.23. The summed E-state index contributed by atoms with van der Waals surface area (Å²) in [6.45, 7) is 15.7. The van der Waals surface area contributed by atoms with E-state index >= 15 is 0 Å². The number of nitrogens with one attached hydrogen (secondary N) is 3. The highest BCUT2D eigenvalue weighted by Gasteiger charge is 2.29. The first-order valence-electron chi connectivity index (χ1n) is 24.1. The Morgan fingerprint density at radius 1 is 0.557 bits per heavy atom. The first-order chi connectivity index (χ1) is 33.5. The summed E-state index contributed by atoms with van der Waals surface area (Å²) >= 11 is 0. The van der Waals surface area contributed by atoms with E-state index in [1.54, 1.807) is 12.0 Å². The van der Waals surface area contributed by atoms with Gasteiger partial charge in [0.2, 0.25) is 17.7 Å². The van der Waals surface area contributed by atoms with Crippen LogP contribution in [0.4, 0.5) is 4.79 Å². The summed E-state index contributed by atoms with van der Waals surface area (Å²) in [5.41, 5.74) is 4.04. The van der Waals surface area contributed by atoms with Crippen LogP contribution < -0.4 is 16.0 Å². The minimum Gasteiger partial charge on any atom is -0.460 e. The Morgan fingerprint density at radius 2 is 1.00 bits per heavy atom. The quantitative estimate of drug-likeness (QED) is 0.0487. The van der Waals surface area contributed by atoms with Crippen molar-refractivity contribution < 1.29 is 71.4 Å². The standard InChI is InChI=1S/C46H68N4O14.C5H12O/c1-46(2,3)64-44(55)16-27-61-32-34-62-33-31-60-25-14-42(53)48-18-21-50(20-17-47-41(52)13-24-59-30-29-57-23-8-22-51)43(54)15-26-58-28-19-49-45(56)63-35-40-38-11-6-4-9-36(38)37-10-5-7-12-39(37)40;1-5(2,3)6-4/h4-7,9-12,22,40H,8,13-21,23-35H2,1-3H3,(H,47,52)(H,48,53)(H,49,56);1-4H3. The second-order valence-electron chi connectivity index (χ2n) is 17.9. The van der Waals surface area contributed by atoms with Gasteiger partial charge < -0.3 is 68.3 Å². The lowest BCUT2D eigenvalue weighted by atomic mass is 9.98. The predicted octanol–water partition coefficient (Wildman–Crippen LogP) is 4.61. The number of rotatable bonds is 35. The molecule has 0 saturated heterocycles. The number of ether oxygens (including phenoxy) is 9. The minimum atomic E-state index is -0.559. The minimum absolute atomic E-state index is 0.0417. The average Bonchev–Trinajstić information content (AvgIpc) is 3.64. The van der Waals surface area contributed by atoms with Gasteiger partial charge in [-0.05, 0) is 63.8 Å². The number of methoxy groups -OCH3 is 1. The summed E-state index contributed by atoms with van der Waals surface area (Å²) in [6, 6.07) is 16.2. The number of hydrogen-bond donors (Lipinski definition) is 3. The molecule has 0 spiro atoms. The molecule has 394 valence electrons. The zero-order valence-corrected chi connectivity index (χ0v) is 42.6. The molecule has 2 aromatic rings. The Balaban J connectivity index is 0.00000262. The summed E-state index contributed by atoms with van der Waals surface area (Å²) < 4.78 is 48.3. The molecule has 0 heterocycles. The molecule has 0 fully saturated rings. The van der Waals surface area contributed by atoms with Crippen molar-refractivity contribution >= 4 is 36.1 Å². The third kappa shape index (κ3) is 29.2. The molecule has 0 bridgehead atoms. The number of aldehydes is 1. The van der Waals surface area contributed by atoms with E-state index in [-0.39, 0.29) is 140 Å². The van der Waals surface area contributed by atoms with Crippen LogP contribution in [-0.4, -0.2) is 178 Å². The number of benzene rings is 2. The molecular formula is C51H80N4O15. The predicted molar refractivity (Wildman–Crippen MR) is 262 cm³/mol. The number of fused-ring (bicyclic) bond motifs is 3. The highest BCUT2D eigenvalue weighted by Crippen LogP contribution is 2.44. The van der Waals surface area contributed by atoms with E-state index in [1.807, 2.05) is 65.8 Å². The fraction of sp³-hybridized carbons (Fsp3) is 0.647. The van der Waals surface area contributed by atoms with Crippen LogP contribution in [0.1, 0.15) is 90.7 Å². The maximum absolute atomic E-state index is 13.2. The van der Waals surface area contributed by atoms with Crippen molar-refractivity contribution in [2.24, 2.45) is 0 Å². The molecule has 19 heteroatoms. The monoisotopic (exact) mass is 989 g/mol. The van der Waals surface area contributed by atoms with Crippen molar-refractivity contribution in [3.63, 3.8) is 0 Å². The molecule has 2 aromatic carbocycles. The lowest BCUT2D eigenvalue weighted by Crippen LogP contribution is -2.43. The zero-order chi connectivity index (χ0) is 51.5. The van der Waals surface area contributed by atoms with Crippen molar-refractivity contribution in [3.05, 3.63) is 59.7 Å². The van der Waals surface area contributed by atoms with Crippen LogP contribution in [0.2, 0.25) is 0 Å². The van der Waals surface area contributed by atoms with Gasteiger partial charge >= 0.3 is 12.1 Å². The van der Waals surface area contributed by atoms with Gasteiger partial charge in [0.25, 0.3) is 0 Å². The summed E-state index contributed by atoms with van der Waals surface area (Å²) in [4.78, 5) is 74.2. The molecule has 0 saturated carbocycles. The van der Waals surface area contributed by atoms with Crippen LogP contribution in [0.3, 0.4) is 0 Å². The zero-order valence-electron chi connectivity index (χ0n) is 42.6. The van der Waals surface area contributed by atoms with Gasteiger partial charge in [0, 0.05) is 65.0 Å². The topological polar surface area (TPSA) is 225 Å². The Bertz CT molecular complexity index is 1770. The van der Waals surface area contributed by atoms with Gasteiger partial charge in [0.15, 0.2) is 0 Å². The Kier molecular flexibility index (Phi) is 31.4. The Hall–Kier alpha value is -5.02. The van der Waals surface area contributed by atoms with E-state index < -0.39 is 11.7 Å². The highest BCUT2D eigenvalue weighted by atomic mass is 16.6. The van der Waals surface area contributed by atoms with E-state index in [0.717, 1.165) is 28.5 Å². The number of esters is 1. The largest absolute Gasteiger partial charge is 0.460 e. The molecule has 0 aromatic heterocycles. The first-order valence-corrected chi connectivity index (χ1v) is 24.1. The smallest absolute Gasteiger partial charge is 0.407 e. The molecule has 3 rings (SSSR count). The molecule has 70 heavy (non-hydrogen) atoms. The van der Waals surface area contributed by atoms with Gasteiger partial charge in [-0.1, -0.05) is 48.5 Å². The van der Waals surface area contributed by atoms with E-state index in [4.69, 9.17) is 42.6 Å². The summed E-state index contributed by atoms with van der Waals surface area (Å²) in [6.07, 6.45) is 0.980. The van der Waals surface area contributed by atoms with Gasteiger partial charge in [-0.3, -0.25) is 19.2 Å². The SMILES string of the molecule is CC(C)(C)OC(=O)CCOCCOCCOCCC(=O)NCCN(CCNC(=O)CCOCCOCCC=O)C(=O)CCOCCNC(=O)OCC1c2ccccc2-c2ccccc21.COC(C)(C)C. The van der Waals surface area contributed by atoms with E-state index in [9.17, 15) is 28.8 Å². The normalized spacial score (nSPS) is 11.9. The van der Waals surface area contributed by atoms with Crippen molar-refractivity contribution in [2.75, 3.05) is 126 Å². The molecule has 3 N–H and O–H groups in total. The van der Waals surface area contributed by atoms with E-state index in [0.29, 0.717) is 46.1 Å². The van der Waals surface area contributed by atoms with Gasteiger partial charge in [-0.25, -0.2) is 4.79 Å². The van der Waals surface area contributed by atoms with Crippen LogP contribution in [0, 0.1) is 0 Å². The summed E-state index contributed by atoms with van der Waals surface area (Å²) in [7, 11) is 1.71. The molecule has 19 nitrogen and oxygen atoms in total. The molecule has 1 aliphatic carbocycles. The van der Waals surface area contributed by atoms with Crippen LogP contribution in [0.15, 0.2) is 48.5 Å².